The third kappa shape index (κ3) is 2.68. The summed E-state index contributed by atoms with van der Waals surface area (Å²) in [7, 11) is 1.81. The summed E-state index contributed by atoms with van der Waals surface area (Å²) < 4.78 is 13.4. The van der Waals surface area contributed by atoms with Crippen LogP contribution in [-0.4, -0.2) is 23.9 Å². The molecule has 1 atom stereocenters. The summed E-state index contributed by atoms with van der Waals surface area (Å²) in [6.07, 6.45) is 2.40. The number of halogens is 2. The smallest absolute Gasteiger partial charge is 0.253 e. The molecule has 92 valence electrons. The first-order valence-corrected chi connectivity index (χ1v) is 6.52. The third-order valence-electron chi connectivity index (χ3n) is 3.40. The zero-order valence-electron chi connectivity index (χ0n) is 9.91. The number of carbonyl (C=O) groups is 1. The van der Waals surface area contributed by atoms with Gasteiger partial charge in [-0.25, -0.2) is 4.39 Å². The first-order chi connectivity index (χ1) is 8.00. The molecule has 0 aromatic heterocycles. The van der Waals surface area contributed by atoms with Gasteiger partial charge in [-0.2, -0.15) is 0 Å². The molecule has 0 radical (unpaired) electrons. The van der Waals surface area contributed by atoms with Gasteiger partial charge in [0, 0.05) is 18.7 Å². The first-order valence-electron chi connectivity index (χ1n) is 5.73. The molecule has 2 rings (SSSR count). The number of hydrogen-bond acceptors (Lipinski definition) is 1. The molecule has 1 aromatic rings. The first kappa shape index (κ1) is 12.6. The molecule has 0 heterocycles. The molecule has 1 fully saturated rings. The van der Waals surface area contributed by atoms with Crippen molar-refractivity contribution in [3.8, 4) is 0 Å². The quantitative estimate of drug-likeness (QED) is 0.837. The molecule has 1 unspecified atom stereocenters. The molecular weight excluding hydrogens is 285 g/mol. The Bertz CT molecular complexity index is 445. The Hall–Kier alpha value is -0.900. The molecule has 17 heavy (non-hydrogen) atoms. The second kappa shape index (κ2) is 4.77. The Morgan fingerprint density at radius 3 is 2.71 bits per heavy atom. The van der Waals surface area contributed by atoms with E-state index in [9.17, 15) is 9.18 Å². The van der Waals surface area contributed by atoms with Crippen LogP contribution in [0.15, 0.2) is 22.7 Å². The highest BCUT2D eigenvalue weighted by atomic mass is 79.9. The lowest BCUT2D eigenvalue weighted by Crippen LogP contribution is -2.36. The van der Waals surface area contributed by atoms with Crippen LogP contribution in [0, 0.1) is 11.7 Å². The molecule has 0 spiro atoms. The summed E-state index contributed by atoms with van der Waals surface area (Å²) in [5.74, 6) is 0.234. The van der Waals surface area contributed by atoms with Gasteiger partial charge in [0.05, 0.1) is 4.47 Å². The summed E-state index contributed by atoms with van der Waals surface area (Å²) in [4.78, 5) is 13.9. The minimum absolute atomic E-state index is 0.0508. The monoisotopic (exact) mass is 299 g/mol. The average Bonchev–Trinajstić information content (AvgIpc) is 3.14. The van der Waals surface area contributed by atoms with Gasteiger partial charge in [0.1, 0.15) is 5.82 Å². The molecular formula is C13H15BrFNO. The minimum atomic E-state index is -0.348. The maximum absolute atomic E-state index is 13.1. The normalized spacial score (nSPS) is 16.7. The second-order valence-corrected chi connectivity index (χ2v) is 5.48. The number of benzene rings is 1. The lowest BCUT2D eigenvalue weighted by atomic mass is 10.1. The van der Waals surface area contributed by atoms with Gasteiger partial charge in [-0.1, -0.05) is 0 Å². The summed E-state index contributed by atoms with van der Waals surface area (Å²) in [6, 6.07) is 4.63. The van der Waals surface area contributed by atoms with Crippen molar-refractivity contribution < 1.29 is 9.18 Å². The standard InChI is InChI=1S/C13H15BrFNO/c1-8(9-3-4-9)16(2)13(17)10-5-6-12(15)11(14)7-10/h5-9H,3-4H2,1-2H3. The van der Waals surface area contributed by atoms with Crippen molar-refractivity contribution in [3.63, 3.8) is 0 Å². The number of carbonyl (C=O) groups excluding carboxylic acids is 1. The summed E-state index contributed by atoms with van der Waals surface area (Å²) in [5, 5.41) is 0. The molecule has 1 amide bonds. The van der Waals surface area contributed by atoms with E-state index in [1.807, 2.05) is 7.05 Å². The van der Waals surface area contributed by atoms with Crippen molar-refractivity contribution in [2.75, 3.05) is 7.05 Å². The number of rotatable bonds is 3. The molecule has 1 saturated carbocycles. The van der Waals surface area contributed by atoms with E-state index in [0.29, 0.717) is 16.0 Å². The van der Waals surface area contributed by atoms with Gasteiger partial charge in [-0.05, 0) is 59.8 Å². The van der Waals surface area contributed by atoms with Gasteiger partial charge in [0.15, 0.2) is 0 Å². The van der Waals surface area contributed by atoms with Crippen LogP contribution in [0.2, 0.25) is 0 Å². The van der Waals surface area contributed by atoms with E-state index in [0.717, 1.165) is 0 Å². The van der Waals surface area contributed by atoms with Crippen LogP contribution in [0.4, 0.5) is 4.39 Å². The largest absolute Gasteiger partial charge is 0.339 e. The molecule has 1 aromatic carbocycles. The van der Waals surface area contributed by atoms with Crippen LogP contribution < -0.4 is 0 Å². The Kier molecular flexibility index (Phi) is 3.52. The lowest BCUT2D eigenvalue weighted by molar-refractivity contribution is 0.0727. The van der Waals surface area contributed by atoms with E-state index in [1.165, 1.54) is 31.0 Å². The van der Waals surface area contributed by atoms with E-state index in [2.05, 4.69) is 22.9 Å². The van der Waals surface area contributed by atoms with E-state index < -0.39 is 0 Å². The van der Waals surface area contributed by atoms with Crippen molar-refractivity contribution >= 4 is 21.8 Å². The van der Waals surface area contributed by atoms with Crippen molar-refractivity contribution in [1.82, 2.24) is 4.90 Å². The average molecular weight is 300 g/mol. The van der Waals surface area contributed by atoms with Crippen molar-refractivity contribution in [1.29, 1.82) is 0 Å². The van der Waals surface area contributed by atoms with Gasteiger partial charge in [-0.3, -0.25) is 4.79 Å². The Morgan fingerprint density at radius 1 is 1.53 bits per heavy atom. The molecule has 0 aliphatic heterocycles. The highest BCUT2D eigenvalue weighted by Gasteiger charge is 2.32. The highest BCUT2D eigenvalue weighted by molar-refractivity contribution is 9.10. The summed E-state index contributed by atoms with van der Waals surface area (Å²) >= 11 is 3.10. The predicted octanol–water partition coefficient (Wildman–Crippen LogP) is 3.46. The Labute approximate surface area is 109 Å². The fourth-order valence-electron chi connectivity index (χ4n) is 1.91. The topological polar surface area (TPSA) is 20.3 Å². The van der Waals surface area contributed by atoms with Gasteiger partial charge in [-0.15, -0.1) is 0 Å². The van der Waals surface area contributed by atoms with Crippen molar-refractivity contribution in [2.45, 2.75) is 25.8 Å². The van der Waals surface area contributed by atoms with Gasteiger partial charge in [0.25, 0.3) is 5.91 Å². The van der Waals surface area contributed by atoms with Crippen LogP contribution in [0.3, 0.4) is 0 Å². The molecule has 1 aliphatic carbocycles. The lowest BCUT2D eigenvalue weighted by Gasteiger charge is -2.25. The minimum Gasteiger partial charge on any atom is -0.339 e. The number of amides is 1. The van der Waals surface area contributed by atoms with E-state index in [4.69, 9.17) is 0 Å². The van der Waals surface area contributed by atoms with Crippen LogP contribution in [0.5, 0.6) is 0 Å². The summed E-state index contributed by atoms with van der Waals surface area (Å²) in [5.41, 5.74) is 0.522. The molecule has 0 bridgehead atoms. The number of hydrogen-bond donors (Lipinski definition) is 0. The van der Waals surface area contributed by atoms with E-state index >= 15 is 0 Å². The maximum Gasteiger partial charge on any atom is 0.253 e. The van der Waals surface area contributed by atoms with Crippen LogP contribution in [-0.2, 0) is 0 Å². The molecule has 4 heteroatoms. The molecule has 2 nitrogen and oxygen atoms in total. The number of nitrogens with zero attached hydrogens (tertiary/aromatic N) is 1. The van der Waals surface area contributed by atoms with Gasteiger partial charge < -0.3 is 4.90 Å². The second-order valence-electron chi connectivity index (χ2n) is 4.62. The fraction of sp³-hybridized carbons (Fsp3) is 0.462. The fourth-order valence-corrected chi connectivity index (χ4v) is 2.29. The van der Waals surface area contributed by atoms with Gasteiger partial charge in [0.2, 0.25) is 0 Å². The Balaban J connectivity index is 2.15. The van der Waals surface area contributed by atoms with Crippen molar-refractivity contribution in [3.05, 3.63) is 34.1 Å². The highest BCUT2D eigenvalue weighted by Crippen LogP contribution is 2.35. The zero-order chi connectivity index (χ0) is 12.6. The SMILES string of the molecule is CC(C1CC1)N(C)C(=O)c1ccc(F)c(Br)c1. The van der Waals surface area contributed by atoms with Crippen molar-refractivity contribution in [2.24, 2.45) is 5.92 Å². The van der Waals surface area contributed by atoms with Crippen LogP contribution >= 0.6 is 15.9 Å². The summed E-state index contributed by atoms with van der Waals surface area (Å²) in [6.45, 7) is 2.06. The van der Waals surface area contributed by atoms with E-state index in [1.54, 1.807) is 4.90 Å². The predicted molar refractivity (Wildman–Crippen MR) is 68.4 cm³/mol. The third-order valence-corrected chi connectivity index (χ3v) is 4.01. The van der Waals surface area contributed by atoms with Crippen LogP contribution in [0.1, 0.15) is 30.1 Å². The van der Waals surface area contributed by atoms with Crippen LogP contribution in [0.25, 0.3) is 0 Å². The molecule has 0 saturated heterocycles. The molecule has 1 aliphatic rings. The zero-order valence-corrected chi connectivity index (χ0v) is 11.5. The van der Waals surface area contributed by atoms with Gasteiger partial charge >= 0.3 is 0 Å². The Morgan fingerprint density at radius 2 is 2.18 bits per heavy atom. The maximum atomic E-state index is 13.1. The van der Waals surface area contributed by atoms with E-state index in [-0.39, 0.29) is 17.8 Å². The molecule has 0 N–H and O–H groups in total.